The van der Waals surface area contributed by atoms with Crippen LogP contribution in [-0.4, -0.2) is 23.2 Å². The Morgan fingerprint density at radius 3 is 2.67 bits per heavy atom. The Balaban J connectivity index is 2.49. The summed E-state index contributed by atoms with van der Waals surface area (Å²) in [5.74, 6) is -3.43. The number of nitrogens with two attached hydrogens (primary N) is 1. The van der Waals surface area contributed by atoms with Crippen molar-refractivity contribution in [3.05, 3.63) is 53.6 Å². The standard InChI is InChI=1S/C17H12F2N2O3/c1-24-8-5-6-9-12(7-8)21-16(20)14(17(22)23)13(9)10-3-2-4-11(18)15(10)19/h2-7H,1H3,(H2,20,21)(H,22,23). The molecule has 0 saturated heterocycles. The molecule has 0 unspecified atom stereocenters. The van der Waals surface area contributed by atoms with E-state index in [-0.39, 0.29) is 22.5 Å². The number of carbonyl (C=O) groups is 1. The van der Waals surface area contributed by atoms with Gasteiger partial charge in [-0.1, -0.05) is 12.1 Å². The number of fused-ring (bicyclic) bond motifs is 1. The topological polar surface area (TPSA) is 85.4 Å². The van der Waals surface area contributed by atoms with Crippen molar-refractivity contribution >= 4 is 22.7 Å². The van der Waals surface area contributed by atoms with E-state index in [0.29, 0.717) is 16.7 Å². The first-order valence-electron chi connectivity index (χ1n) is 6.89. The number of rotatable bonds is 3. The Hall–Kier alpha value is -3.22. The lowest BCUT2D eigenvalue weighted by Gasteiger charge is -2.14. The van der Waals surface area contributed by atoms with E-state index < -0.39 is 17.6 Å². The summed E-state index contributed by atoms with van der Waals surface area (Å²) in [6, 6.07) is 8.20. The largest absolute Gasteiger partial charge is 0.497 e. The van der Waals surface area contributed by atoms with Gasteiger partial charge in [-0.25, -0.2) is 18.6 Å². The van der Waals surface area contributed by atoms with Crippen LogP contribution < -0.4 is 10.5 Å². The molecular formula is C17H12F2N2O3. The van der Waals surface area contributed by atoms with Gasteiger partial charge in [0.15, 0.2) is 11.6 Å². The Kier molecular flexibility index (Phi) is 3.76. The number of aromatic nitrogens is 1. The number of pyridine rings is 1. The smallest absolute Gasteiger partial charge is 0.340 e. The predicted octanol–water partition coefficient (Wildman–Crippen LogP) is 3.47. The summed E-state index contributed by atoms with van der Waals surface area (Å²) < 4.78 is 33.0. The molecule has 3 aromatic rings. The third-order valence-electron chi connectivity index (χ3n) is 3.66. The maximum absolute atomic E-state index is 14.3. The maximum atomic E-state index is 14.3. The van der Waals surface area contributed by atoms with E-state index in [1.54, 1.807) is 6.07 Å². The van der Waals surface area contributed by atoms with E-state index in [1.807, 2.05) is 0 Å². The molecule has 0 spiro atoms. The third kappa shape index (κ3) is 2.40. The second-order valence-electron chi connectivity index (χ2n) is 5.04. The fourth-order valence-corrected chi connectivity index (χ4v) is 2.58. The summed E-state index contributed by atoms with van der Waals surface area (Å²) in [7, 11) is 1.46. The number of hydrogen-bond donors (Lipinski definition) is 2. The quantitative estimate of drug-likeness (QED) is 0.768. The van der Waals surface area contributed by atoms with E-state index in [2.05, 4.69) is 4.98 Å². The molecule has 0 bridgehead atoms. The molecule has 3 rings (SSSR count). The Morgan fingerprint density at radius 1 is 1.25 bits per heavy atom. The highest BCUT2D eigenvalue weighted by Crippen LogP contribution is 2.37. The van der Waals surface area contributed by atoms with Gasteiger partial charge >= 0.3 is 5.97 Å². The highest BCUT2D eigenvalue weighted by atomic mass is 19.2. The minimum atomic E-state index is -1.38. The molecule has 1 heterocycles. The van der Waals surface area contributed by atoms with Gasteiger partial charge in [-0.15, -0.1) is 0 Å². The van der Waals surface area contributed by atoms with Crippen molar-refractivity contribution < 1.29 is 23.4 Å². The van der Waals surface area contributed by atoms with Crippen LogP contribution in [0.5, 0.6) is 5.75 Å². The molecule has 7 heteroatoms. The highest BCUT2D eigenvalue weighted by Gasteiger charge is 2.23. The molecular weight excluding hydrogens is 318 g/mol. The maximum Gasteiger partial charge on any atom is 0.340 e. The zero-order chi connectivity index (χ0) is 17.4. The van der Waals surface area contributed by atoms with Crippen molar-refractivity contribution in [2.24, 2.45) is 0 Å². The van der Waals surface area contributed by atoms with Gasteiger partial charge in [0.2, 0.25) is 0 Å². The zero-order valence-corrected chi connectivity index (χ0v) is 12.5. The number of nitrogen functional groups attached to an aromatic ring is 1. The zero-order valence-electron chi connectivity index (χ0n) is 12.5. The van der Waals surface area contributed by atoms with Gasteiger partial charge in [0.1, 0.15) is 17.1 Å². The fourth-order valence-electron chi connectivity index (χ4n) is 2.58. The molecule has 122 valence electrons. The molecule has 0 aliphatic carbocycles. The van der Waals surface area contributed by atoms with Crippen LogP contribution in [0, 0.1) is 11.6 Å². The molecule has 2 aromatic carbocycles. The van der Waals surface area contributed by atoms with Crippen LogP contribution in [0.2, 0.25) is 0 Å². The van der Waals surface area contributed by atoms with Crippen LogP contribution in [0.4, 0.5) is 14.6 Å². The van der Waals surface area contributed by atoms with Crippen molar-refractivity contribution in [1.29, 1.82) is 0 Å². The molecule has 0 atom stereocenters. The average molecular weight is 330 g/mol. The second kappa shape index (κ2) is 5.77. The molecule has 1 aromatic heterocycles. The van der Waals surface area contributed by atoms with E-state index in [0.717, 1.165) is 6.07 Å². The van der Waals surface area contributed by atoms with Crippen molar-refractivity contribution in [2.75, 3.05) is 12.8 Å². The minimum absolute atomic E-state index is 0.0235. The monoisotopic (exact) mass is 330 g/mol. The summed E-state index contributed by atoms with van der Waals surface area (Å²) in [6.45, 7) is 0. The molecule has 0 saturated carbocycles. The molecule has 0 aliphatic rings. The Labute approximate surface area is 135 Å². The SMILES string of the molecule is COc1ccc2c(-c3cccc(F)c3F)c(C(=O)O)c(N)nc2c1. The van der Waals surface area contributed by atoms with E-state index in [4.69, 9.17) is 10.5 Å². The number of anilines is 1. The molecule has 3 N–H and O–H groups in total. The number of carboxylic acid groups (broad SMARTS) is 1. The lowest BCUT2D eigenvalue weighted by molar-refractivity contribution is 0.0698. The first-order chi connectivity index (χ1) is 11.4. The summed E-state index contributed by atoms with van der Waals surface area (Å²) >= 11 is 0. The second-order valence-corrected chi connectivity index (χ2v) is 5.04. The lowest BCUT2D eigenvalue weighted by atomic mass is 9.95. The van der Waals surface area contributed by atoms with Gasteiger partial charge in [-0.2, -0.15) is 0 Å². The third-order valence-corrected chi connectivity index (χ3v) is 3.66. The highest BCUT2D eigenvalue weighted by molar-refractivity contribution is 6.10. The first kappa shape index (κ1) is 15.7. The van der Waals surface area contributed by atoms with Crippen LogP contribution in [0.3, 0.4) is 0 Å². The van der Waals surface area contributed by atoms with Crippen molar-refractivity contribution in [3.63, 3.8) is 0 Å². The average Bonchev–Trinajstić information content (AvgIpc) is 2.55. The number of hydrogen-bond acceptors (Lipinski definition) is 4. The fraction of sp³-hybridized carbons (Fsp3) is 0.0588. The molecule has 0 radical (unpaired) electrons. The van der Waals surface area contributed by atoms with E-state index in [9.17, 15) is 18.7 Å². The Bertz CT molecular complexity index is 974. The summed E-state index contributed by atoms with van der Waals surface area (Å²) in [6.07, 6.45) is 0. The molecule has 5 nitrogen and oxygen atoms in total. The summed E-state index contributed by atoms with van der Waals surface area (Å²) in [5.41, 5.74) is 5.47. The van der Waals surface area contributed by atoms with Gasteiger partial charge in [-0.05, 0) is 18.2 Å². The van der Waals surface area contributed by atoms with Crippen LogP contribution in [-0.2, 0) is 0 Å². The normalized spacial score (nSPS) is 10.8. The van der Waals surface area contributed by atoms with Crippen LogP contribution >= 0.6 is 0 Å². The summed E-state index contributed by atoms with van der Waals surface area (Å²) in [5, 5.41) is 9.79. The Morgan fingerprint density at radius 2 is 2.00 bits per heavy atom. The van der Waals surface area contributed by atoms with Gasteiger partial charge in [0.05, 0.1) is 12.6 Å². The van der Waals surface area contributed by atoms with E-state index in [1.165, 1.54) is 31.4 Å². The number of halogens is 2. The van der Waals surface area contributed by atoms with Gasteiger partial charge in [-0.3, -0.25) is 0 Å². The van der Waals surface area contributed by atoms with Crippen molar-refractivity contribution in [3.8, 4) is 16.9 Å². The minimum Gasteiger partial charge on any atom is -0.497 e. The summed E-state index contributed by atoms with van der Waals surface area (Å²) in [4.78, 5) is 15.7. The first-order valence-corrected chi connectivity index (χ1v) is 6.89. The number of carboxylic acids is 1. The number of ether oxygens (including phenoxy) is 1. The number of aromatic carboxylic acids is 1. The number of methoxy groups -OCH3 is 1. The van der Waals surface area contributed by atoms with Crippen LogP contribution in [0.25, 0.3) is 22.0 Å². The lowest BCUT2D eigenvalue weighted by Crippen LogP contribution is -2.09. The van der Waals surface area contributed by atoms with Gasteiger partial charge in [0.25, 0.3) is 0 Å². The van der Waals surface area contributed by atoms with Crippen molar-refractivity contribution in [1.82, 2.24) is 4.98 Å². The number of nitrogens with zero attached hydrogens (tertiary/aromatic N) is 1. The van der Waals surface area contributed by atoms with Crippen LogP contribution in [0.15, 0.2) is 36.4 Å². The molecule has 0 amide bonds. The molecule has 24 heavy (non-hydrogen) atoms. The predicted molar refractivity (Wildman–Crippen MR) is 85.0 cm³/mol. The van der Waals surface area contributed by atoms with Gasteiger partial charge in [0, 0.05) is 22.6 Å². The van der Waals surface area contributed by atoms with Crippen LogP contribution in [0.1, 0.15) is 10.4 Å². The van der Waals surface area contributed by atoms with Crippen molar-refractivity contribution in [2.45, 2.75) is 0 Å². The molecule has 0 aliphatic heterocycles. The van der Waals surface area contributed by atoms with Gasteiger partial charge < -0.3 is 15.6 Å². The molecule has 0 fully saturated rings. The number of benzene rings is 2. The van der Waals surface area contributed by atoms with E-state index >= 15 is 0 Å².